The molecule has 2 aromatic rings. The van der Waals surface area contributed by atoms with E-state index in [4.69, 9.17) is 11.6 Å². The number of aryl methyl sites for hydroxylation is 1. The first-order valence-corrected chi connectivity index (χ1v) is 3.97. The molecule has 0 saturated heterocycles. The molecule has 2 rings (SSSR count). The van der Waals surface area contributed by atoms with Gasteiger partial charge in [-0.3, -0.25) is 0 Å². The van der Waals surface area contributed by atoms with Crippen molar-refractivity contribution in [2.75, 3.05) is 0 Å². The summed E-state index contributed by atoms with van der Waals surface area (Å²) >= 11 is 5.66. The molecule has 0 amide bonds. The van der Waals surface area contributed by atoms with Crippen molar-refractivity contribution in [1.29, 1.82) is 0 Å². The van der Waals surface area contributed by atoms with Crippen molar-refractivity contribution in [3.05, 3.63) is 17.3 Å². The molecule has 0 aliphatic heterocycles. The number of aromatic nitrogens is 5. The van der Waals surface area contributed by atoms with Gasteiger partial charge >= 0.3 is 5.65 Å². The topological polar surface area (TPSA) is 47.7 Å². The van der Waals surface area contributed by atoms with Crippen LogP contribution in [0.2, 0.25) is 5.15 Å². The smallest absolute Gasteiger partial charge is 0.0715 e. The van der Waals surface area contributed by atoms with Crippen LogP contribution in [0.25, 0.3) is 5.65 Å². The third-order valence-electron chi connectivity index (χ3n) is 1.45. The Morgan fingerprint density at radius 1 is 1.58 bits per heavy atom. The SMILES string of the molecule is CCn1nc2ccc(Cl)n[n+]2n1. The largest absolute Gasteiger partial charge is 0.348 e. The fraction of sp³-hybridized carbons (Fsp3) is 0.333. The maximum absolute atomic E-state index is 5.66. The first kappa shape index (κ1) is 7.42. The van der Waals surface area contributed by atoms with Crippen molar-refractivity contribution in [1.82, 2.24) is 20.2 Å². The van der Waals surface area contributed by atoms with E-state index in [0.717, 1.165) is 6.54 Å². The molecule has 6 heteroatoms. The van der Waals surface area contributed by atoms with E-state index in [1.165, 1.54) is 4.63 Å². The average molecular weight is 185 g/mol. The number of tetrazole rings is 1. The minimum absolute atomic E-state index is 0.413. The first-order chi connectivity index (χ1) is 5.79. The van der Waals surface area contributed by atoms with E-state index >= 15 is 0 Å². The van der Waals surface area contributed by atoms with Gasteiger partial charge in [0.1, 0.15) is 6.54 Å². The van der Waals surface area contributed by atoms with Crippen LogP contribution in [0.4, 0.5) is 0 Å². The third kappa shape index (κ3) is 1.12. The van der Waals surface area contributed by atoms with Crippen molar-refractivity contribution in [2.24, 2.45) is 0 Å². The first-order valence-electron chi connectivity index (χ1n) is 3.59. The van der Waals surface area contributed by atoms with Gasteiger partial charge in [0.2, 0.25) is 0 Å². The summed E-state index contributed by atoms with van der Waals surface area (Å²) in [5, 5.41) is 12.5. The predicted molar refractivity (Wildman–Crippen MR) is 41.7 cm³/mol. The molecule has 2 aromatic heterocycles. The molecule has 0 aliphatic rings. The Labute approximate surface area is 73.5 Å². The normalized spacial score (nSPS) is 10.8. The number of rotatable bonds is 1. The molecule has 0 radical (unpaired) electrons. The zero-order valence-electron chi connectivity index (χ0n) is 6.48. The average Bonchev–Trinajstić information content (AvgIpc) is 2.46. The monoisotopic (exact) mass is 184 g/mol. The van der Waals surface area contributed by atoms with Crippen molar-refractivity contribution < 1.29 is 4.63 Å². The maximum Gasteiger partial charge on any atom is 0.348 e. The van der Waals surface area contributed by atoms with Gasteiger partial charge in [-0.2, -0.15) is 0 Å². The summed E-state index contributed by atoms with van der Waals surface area (Å²) < 4.78 is 1.41. The molecule has 0 spiro atoms. The molecule has 62 valence electrons. The molecular formula is C6H7ClN5+. The molecule has 12 heavy (non-hydrogen) atoms. The Bertz CT molecular complexity index is 409. The molecule has 0 fully saturated rings. The van der Waals surface area contributed by atoms with Crippen LogP contribution in [0.3, 0.4) is 0 Å². The minimum atomic E-state index is 0.413. The Hall–Kier alpha value is -1.23. The van der Waals surface area contributed by atoms with Gasteiger partial charge in [0.15, 0.2) is 5.15 Å². The van der Waals surface area contributed by atoms with Crippen LogP contribution in [-0.4, -0.2) is 20.2 Å². The zero-order valence-corrected chi connectivity index (χ0v) is 7.23. The van der Waals surface area contributed by atoms with E-state index in [2.05, 4.69) is 15.4 Å². The summed E-state index contributed by atoms with van der Waals surface area (Å²) in [6.45, 7) is 2.68. The van der Waals surface area contributed by atoms with E-state index in [9.17, 15) is 0 Å². The second-order valence-corrected chi connectivity index (χ2v) is 2.67. The summed E-state index contributed by atoms with van der Waals surface area (Å²) in [4.78, 5) is 1.55. The molecule has 0 unspecified atom stereocenters. The Morgan fingerprint density at radius 3 is 3.17 bits per heavy atom. The molecule has 0 atom stereocenters. The summed E-state index contributed by atoms with van der Waals surface area (Å²) in [5.41, 5.74) is 0.696. The van der Waals surface area contributed by atoms with Crippen LogP contribution in [0.15, 0.2) is 12.1 Å². The highest BCUT2D eigenvalue weighted by molar-refractivity contribution is 6.29. The molecular weight excluding hydrogens is 178 g/mol. The van der Waals surface area contributed by atoms with Crippen LogP contribution in [0, 0.1) is 0 Å². The maximum atomic E-state index is 5.66. The predicted octanol–water partition coefficient (Wildman–Crippen LogP) is 0.0851. The molecule has 0 aromatic carbocycles. The van der Waals surface area contributed by atoms with E-state index < -0.39 is 0 Å². The molecule has 5 nitrogen and oxygen atoms in total. The molecule has 0 N–H and O–H groups in total. The van der Waals surface area contributed by atoms with E-state index in [0.29, 0.717) is 10.8 Å². The fourth-order valence-electron chi connectivity index (χ4n) is 0.894. The van der Waals surface area contributed by atoms with E-state index in [-0.39, 0.29) is 0 Å². The standard InChI is InChI=1S/C6H7ClN5/c1-2-11-9-6-4-3-5(7)8-12(6)10-11/h3-4H,2H2,1H3/q+1. The van der Waals surface area contributed by atoms with Gasteiger partial charge in [0.05, 0.1) is 10.3 Å². The Morgan fingerprint density at radius 2 is 2.42 bits per heavy atom. The van der Waals surface area contributed by atoms with Gasteiger partial charge in [0.25, 0.3) is 0 Å². The lowest BCUT2D eigenvalue weighted by molar-refractivity contribution is -0.647. The number of nitrogens with zero attached hydrogens (tertiary/aromatic N) is 5. The quantitative estimate of drug-likeness (QED) is 0.590. The summed E-state index contributed by atoms with van der Waals surface area (Å²) in [6.07, 6.45) is 0. The van der Waals surface area contributed by atoms with Gasteiger partial charge in [0, 0.05) is 6.07 Å². The van der Waals surface area contributed by atoms with Crippen molar-refractivity contribution in [3.8, 4) is 0 Å². The lowest BCUT2D eigenvalue weighted by Gasteiger charge is -1.80. The van der Waals surface area contributed by atoms with Gasteiger partial charge < -0.3 is 0 Å². The van der Waals surface area contributed by atoms with Crippen LogP contribution >= 0.6 is 11.6 Å². The summed E-state index contributed by atoms with van der Waals surface area (Å²) in [7, 11) is 0. The van der Waals surface area contributed by atoms with E-state index in [1.807, 2.05) is 6.92 Å². The highest BCUT2D eigenvalue weighted by Crippen LogP contribution is 1.99. The van der Waals surface area contributed by atoms with Crippen LogP contribution in [0.1, 0.15) is 6.92 Å². The van der Waals surface area contributed by atoms with Gasteiger partial charge in [-0.1, -0.05) is 16.7 Å². The number of fused-ring (bicyclic) bond motifs is 1. The lowest BCUT2D eigenvalue weighted by Crippen LogP contribution is -2.29. The number of hydrogen-bond donors (Lipinski definition) is 0. The van der Waals surface area contributed by atoms with Crippen LogP contribution in [-0.2, 0) is 6.54 Å². The number of hydrogen-bond acceptors (Lipinski definition) is 3. The fourth-order valence-corrected chi connectivity index (χ4v) is 1.03. The third-order valence-corrected chi connectivity index (χ3v) is 1.66. The second kappa shape index (κ2) is 2.67. The lowest BCUT2D eigenvalue weighted by atomic mass is 10.6. The Kier molecular flexibility index (Phi) is 1.65. The molecule has 0 saturated carbocycles. The summed E-state index contributed by atoms with van der Waals surface area (Å²) in [5.74, 6) is 0. The van der Waals surface area contributed by atoms with Gasteiger partial charge in [-0.25, -0.2) is 0 Å². The summed E-state index contributed by atoms with van der Waals surface area (Å²) in [6, 6.07) is 3.46. The second-order valence-electron chi connectivity index (χ2n) is 2.28. The molecule has 0 bridgehead atoms. The minimum Gasteiger partial charge on any atom is -0.0715 e. The van der Waals surface area contributed by atoms with Crippen LogP contribution < -0.4 is 4.63 Å². The van der Waals surface area contributed by atoms with Gasteiger partial charge in [-0.05, 0) is 22.4 Å². The molecule has 0 aliphatic carbocycles. The highest BCUT2D eigenvalue weighted by Gasteiger charge is 2.10. The zero-order chi connectivity index (χ0) is 8.55. The van der Waals surface area contributed by atoms with Crippen molar-refractivity contribution in [2.45, 2.75) is 13.5 Å². The van der Waals surface area contributed by atoms with Crippen LogP contribution in [0.5, 0.6) is 0 Å². The number of halogens is 1. The van der Waals surface area contributed by atoms with Gasteiger partial charge in [-0.15, -0.1) is 0 Å². The van der Waals surface area contributed by atoms with E-state index in [1.54, 1.807) is 16.9 Å². The van der Waals surface area contributed by atoms with Crippen molar-refractivity contribution >= 4 is 17.2 Å². The molecule has 2 heterocycles. The highest BCUT2D eigenvalue weighted by atomic mass is 35.5. The Balaban J connectivity index is 2.67. The van der Waals surface area contributed by atoms with Crippen molar-refractivity contribution in [3.63, 3.8) is 0 Å².